The quantitative estimate of drug-likeness (QED) is 0.633. The third-order valence-corrected chi connectivity index (χ3v) is 4.41. The Morgan fingerprint density at radius 2 is 1.90 bits per heavy atom. The fraction of sp³-hybridized carbons (Fsp3) is 0.273. The second-order valence-electron chi connectivity index (χ2n) is 6.37. The number of nitrogens with one attached hydrogen (secondary N) is 1. The molecule has 29 heavy (non-hydrogen) atoms. The van der Waals surface area contributed by atoms with Crippen LogP contribution < -0.4 is 14.8 Å². The minimum Gasteiger partial charge on any atom is -0.495 e. The summed E-state index contributed by atoms with van der Waals surface area (Å²) < 4.78 is 10.7. The molecule has 0 aliphatic heterocycles. The molecule has 0 atom stereocenters. The summed E-state index contributed by atoms with van der Waals surface area (Å²) in [5, 5.41) is 2.89. The SMILES string of the molecule is CCOc1ccc(-c2cncc(C(=O)NCCc3cc(OC)cnc3C)n2)cc1. The van der Waals surface area contributed by atoms with Crippen molar-refractivity contribution in [1.29, 1.82) is 0 Å². The van der Waals surface area contributed by atoms with Gasteiger partial charge in [0.2, 0.25) is 0 Å². The molecule has 0 aliphatic carbocycles. The number of rotatable bonds is 8. The summed E-state index contributed by atoms with van der Waals surface area (Å²) >= 11 is 0. The van der Waals surface area contributed by atoms with Crippen LogP contribution in [-0.4, -0.2) is 41.1 Å². The largest absolute Gasteiger partial charge is 0.495 e. The molecule has 2 aromatic heterocycles. The number of hydrogen-bond donors (Lipinski definition) is 1. The lowest BCUT2D eigenvalue weighted by atomic mass is 10.1. The number of hydrogen-bond acceptors (Lipinski definition) is 6. The number of amides is 1. The van der Waals surface area contributed by atoms with Crippen molar-refractivity contribution in [1.82, 2.24) is 20.3 Å². The van der Waals surface area contributed by atoms with E-state index in [1.54, 1.807) is 19.5 Å². The van der Waals surface area contributed by atoms with E-state index in [1.165, 1.54) is 6.20 Å². The second kappa shape index (κ2) is 9.64. The maximum atomic E-state index is 12.5. The zero-order valence-corrected chi connectivity index (χ0v) is 16.8. The van der Waals surface area contributed by atoms with E-state index in [0.717, 1.165) is 22.6 Å². The molecule has 2 heterocycles. The molecule has 0 unspecified atom stereocenters. The van der Waals surface area contributed by atoms with Crippen LogP contribution in [0.3, 0.4) is 0 Å². The lowest BCUT2D eigenvalue weighted by Crippen LogP contribution is -2.27. The highest BCUT2D eigenvalue weighted by Gasteiger charge is 2.10. The van der Waals surface area contributed by atoms with E-state index in [4.69, 9.17) is 9.47 Å². The minimum absolute atomic E-state index is 0.265. The number of nitrogens with zero attached hydrogens (tertiary/aromatic N) is 3. The summed E-state index contributed by atoms with van der Waals surface area (Å²) in [6.45, 7) is 4.94. The van der Waals surface area contributed by atoms with Gasteiger partial charge in [-0.2, -0.15) is 0 Å². The first-order valence-corrected chi connectivity index (χ1v) is 9.43. The molecule has 0 spiro atoms. The first-order chi connectivity index (χ1) is 14.1. The van der Waals surface area contributed by atoms with Gasteiger partial charge in [-0.3, -0.25) is 14.8 Å². The minimum atomic E-state index is -0.265. The van der Waals surface area contributed by atoms with Crippen molar-refractivity contribution in [3.05, 3.63) is 65.9 Å². The summed E-state index contributed by atoms with van der Waals surface area (Å²) in [5.41, 5.74) is 3.72. The van der Waals surface area contributed by atoms with Gasteiger partial charge in [0.15, 0.2) is 0 Å². The highest BCUT2D eigenvalue weighted by atomic mass is 16.5. The number of ether oxygens (including phenoxy) is 2. The number of aromatic nitrogens is 3. The van der Waals surface area contributed by atoms with Gasteiger partial charge in [0, 0.05) is 17.8 Å². The van der Waals surface area contributed by atoms with E-state index >= 15 is 0 Å². The van der Waals surface area contributed by atoms with Gasteiger partial charge in [0.1, 0.15) is 17.2 Å². The number of benzene rings is 1. The average Bonchev–Trinajstić information content (AvgIpc) is 2.76. The van der Waals surface area contributed by atoms with Crippen LogP contribution in [0.2, 0.25) is 0 Å². The van der Waals surface area contributed by atoms with Crippen molar-refractivity contribution in [3.8, 4) is 22.8 Å². The molecule has 3 rings (SSSR count). The smallest absolute Gasteiger partial charge is 0.271 e. The predicted molar refractivity (Wildman–Crippen MR) is 110 cm³/mol. The van der Waals surface area contributed by atoms with Gasteiger partial charge in [-0.05, 0) is 56.2 Å². The Morgan fingerprint density at radius 1 is 1.10 bits per heavy atom. The molecule has 3 aromatic rings. The first-order valence-electron chi connectivity index (χ1n) is 9.43. The molecule has 1 amide bonds. The number of pyridine rings is 1. The van der Waals surface area contributed by atoms with Gasteiger partial charge in [0.25, 0.3) is 5.91 Å². The zero-order chi connectivity index (χ0) is 20.6. The van der Waals surface area contributed by atoms with Crippen LogP contribution in [0.1, 0.15) is 28.7 Å². The van der Waals surface area contributed by atoms with Crippen LogP contribution in [0.15, 0.2) is 48.9 Å². The van der Waals surface area contributed by atoms with Gasteiger partial charge >= 0.3 is 0 Å². The number of carbonyl (C=O) groups excluding carboxylic acids is 1. The molecular weight excluding hydrogens is 368 g/mol. The monoisotopic (exact) mass is 392 g/mol. The molecule has 7 nitrogen and oxygen atoms in total. The zero-order valence-electron chi connectivity index (χ0n) is 16.8. The van der Waals surface area contributed by atoms with Crippen LogP contribution >= 0.6 is 0 Å². The lowest BCUT2D eigenvalue weighted by molar-refractivity contribution is 0.0949. The molecule has 1 aromatic carbocycles. The summed E-state index contributed by atoms with van der Waals surface area (Å²) in [5.74, 6) is 1.23. The van der Waals surface area contributed by atoms with Crippen molar-refractivity contribution < 1.29 is 14.3 Å². The number of aryl methyl sites for hydroxylation is 1. The normalized spacial score (nSPS) is 10.4. The third-order valence-electron chi connectivity index (χ3n) is 4.41. The van der Waals surface area contributed by atoms with Crippen molar-refractivity contribution >= 4 is 5.91 Å². The van der Waals surface area contributed by atoms with E-state index in [-0.39, 0.29) is 11.6 Å². The molecule has 7 heteroatoms. The molecule has 0 fully saturated rings. The molecule has 150 valence electrons. The Hall–Kier alpha value is -3.48. The molecule has 0 radical (unpaired) electrons. The van der Waals surface area contributed by atoms with Gasteiger partial charge in [0.05, 0.1) is 38.0 Å². The van der Waals surface area contributed by atoms with Gasteiger partial charge in [-0.15, -0.1) is 0 Å². The molecule has 0 saturated carbocycles. The van der Waals surface area contributed by atoms with E-state index in [0.29, 0.717) is 31.0 Å². The van der Waals surface area contributed by atoms with E-state index < -0.39 is 0 Å². The van der Waals surface area contributed by atoms with Crippen LogP contribution in [-0.2, 0) is 6.42 Å². The highest BCUT2D eigenvalue weighted by Crippen LogP contribution is 2.20. The fourth-order valence-corrected chi connectivity index (χ4v) is 2.83. The van der Waals surface area contributed by atoms with Gasteiger partial charge in [-0.1, -0.05) is 0 Å². The second-order valence-corrected chi connectivity index (χ2v) is 6.37. The Kier molecular flexibility index (Phi) is 6.73. The first kappa shape index (κ1) is 20.3. The lowest BCUT2D eigenvalue weighted by Gasteiger charge is -2.09. The van der Waals surface area contributed by atoms with Crippen molar-refractivity contribution in [2.75, 3.05) is 20.3 Å². The third kappa shape index (κ3) is 5.28. The van der Waals surface area contributed by atoms with Crippen LogP contribution in [0, 0.1) is 6.92 Å². The van der Waals surface area contributed by atoms with Crippen LogP contribution in [0.25, 0.3) is 11.3 Å². The standard InChI is InChI=1S/C22H24N4O3/c1-4-29-18-7-5-16(6-8-18)20-13-23-14-21(26-20)22(27)24-10-9-17-11-19(28-3)12-25-15(17)2/h5-8,11-14H,4,9-10H2,1-3H3,(H,24,27). The summed E-state index contributed by atoms with van der Waals surface area (Å²) in [7, 11) is 1.61. The Bertz CT molecular complexity index is 974. The molecule has 0 bridgehead atoms. The Morgan fingerprint density at radius 3 is 2.62 bits per heavy atom. The summed E-state index contributed by atoms with van der Waals surface area (Å²) in [6.07, 6.45) is 5.43. The van der Waals surface area contributed by atoms with Gasteiger partial charge in [-0.25, -0.2) is 4.98 Å². The Balaban J connectivity index is 1.63. The Labute approximate surface area is 170 Å². The number of carbonyl (C=O) groups is 1. The molecular formula is C22H24N4O3. The average molecular weight is 392 g/mol. The van der Waals surface area contributed by atoms with Gasteiger partial charge < -0.3 is 14.8 Å². The van der Waals surface area contributed by atoms with E-state index in [1.807, 2.05) is 44.2 Å². The van der Waals surface area contributed by atoms with Crippen molar-refractivity contribution in [2.45, 2.75) is 20.3 Å². The highest BCUT2D eigenvalue weighted by molar-refractivity contribution is 5.92. The maximum absolute atomic E-state index is 12.5. The molecule has 1 N–H and O–H groups in total. The fourth-order valence-electron chi connectivity index (χ4n) is 2.83. The van der Waals surface area contributed by atoms with Crippen molar-refractivity contribution in [2.24, 2.45) is 0 Å². The summed E-state index contributed by atoms with van der Waals surface area (Å²) in [6, 6.07) is 9.47. The maximum Gasteiger partial charge on any atom is 0.271 e. The number of methoxy groups -OCH3 is 1. The van der Waals surface area contributed by atoms with Crippen molar-refractivity contribution in [3.63, 3.8) is 0 Å². The topological polar surface area (TPSA) is 86.2 Å². The molecule has 0 aliphatic rings. The van der Waals surface area contributed by atoms with Crippen LogP contribution in [0.4, 0.5) is 0 Å². The predicted octanol–water partition coefficient (Wildman–Crippen LogP) is 3.23. The van der Waals surface area contributed by atoms with E-state index in [2.05, 4.69) is 20.3 Å². The summed E-state index contributed by atoms with van der Waals surface area (Å²) in [4.78, 5) is 25.4. The molecule has 0 saturated heterocycles. The van der Waals surface area contributed by atoms with Crippen LogP contribution in [0.5, 0.6) is 11.5 Å². The van der Waals surface area contributed by atoms with E-state index in [9.17, 15) is 4.79 Å².